The van der Waals surface area contributed by atoms with Crippen molar-refractivity contribution in [2.45, 2.75) is 58.3 Å². The summed E-state index contributed by atoms with van der Waals surface area (Å²) >= 11 is 0. The molecule has 1 amide bonds. The molecule has 6 heteroatoms. The van der Waals surface area contributed by atoms with E-state index in [0.717, 1.165) is 24.5 Å². The fourth-order valence-electron chi connectivity index (χ4n) is 4.60. The van der Waals surface area contributed by atoms with Crippen LogP contribution in [0.2, 0.25) is 0 Å². The number of anilines is 1. The summed E-state index contributed by atoms with van der Waals surface area (Å²) in [5, 5.41) is 0. The van der Waals surface area contributed by atoms with Gasteiger partial charge in [0.25, 0.3) is 5.91 Å². The first-order valence-corrected chi connectivity index (χ1v) is 12.1. The Morgan fingerprint density at radius 1 is 1.09 bits per heavy atom. The fraction of sp³-hybridized carbons (Fsp3) is 0.519. The predicted octanol–water partition coefficient (Wildman–Crippen LogP) is 4.46. The van der Waals surface area contributed by atoms with Gasteiger partial charge in [-0.15, -0.1) is 0 Å². The number of piperazine rings is 1. The second kappa shape index (κ2) is 9.54. The highest BCUT2D eigenvalue weighted by Crippen LogP contribution is 2.40. The average Bonchev–Trinajstić information content (AvgIpc) is 3.64. The molecule has 33 heavy (non-hydrogen) atoms. The fourth-order valence-corrected chi connectivity index (χ4v) is 4.60. The number of aryl methyl sites for hydroxylation is 1. The van der Waals surface area contributed by atoms with Crippen LogP contribution in [0.5, 0.6) is 0 Å². The van der Waals surface area contributed by atoms with Crippen LogP contribution in [0.4, 0.5) is 5.82 Å². The third kappa shape index (κ3) is 5.37. The largest absolute Gasteiger partial charge is 0.466 e. The lowest BCUT2D eigenvalue weighted by Gasteiger charge is -2.36. The van der Waals surface area contributed by atoms with Crippen molar-refractivity contribution in [3.8, 4) is 0 Å². The van der Waals surface area contributed by atoms with Gasteiger partial charge in [0, 0.05) is 43.4 Å². The molecule has 0 bridgehead atoms. The number of carbonyl (C=O) groups is 2. The van der Waals surface area contributed by atoms with Crippen LogP contribution in [0.25, 0.3) is 0 Å². The highest BCUT2D eigenvalue weighted by atomic mass is 16.5. The topological polar surface area (TPSA) is 62.7 Å². The SMILES string of the molecule is CCOC(=O)CC(C)(C)c1ccc(C(=O)N2CCN(c3ncc(C4CC4)cc3C)CC2)cc1. The molecular formula is C27H35N3O3. The van der Waals surface area contributed by atoms with Crippen LogP contribution < -0.4 is 4.90 Å². The zero-order valence-corrected chi connectivity index (χ0v) is 20.3. The van der Waals surface area contributed by atoms with Crippen molar-refractivity contribution in [1.29, 1.82) is 0 Å². The van der Waals surface area contributed by atoms with Crippen molar-refractivity contribution in [3.63, 3.8) is 0 Å². The molecular weight excluding hydrogens is 414 g/mol. The highest BCUT2D eigenvalue weighted by Gasteiger charge is 2.28. The van der Waals surface area contributed by atoms with Crippen molar-refractivity contribution in [3.05, 3.63) is 58.8 Å². The minimum absolute atomic E-state index is 0.0539. The van der Waals surface area contributed by atoms with Gasteiger partial charge in [-0.3, -0.25) is 9.59 Å². The number of nitrogens with zero attached hydrogens (tertiary/aromatic N) is 3. The summed E-state index contributed by atoms with van der Waals surface area (Å²) < 4.78 is 5.10. The van der Waals surface area contributed by atoms with Crippen molar-refractivity contribution in [1.82, 2.24) is 9.88 Å². The number of esters is 1. The van der Waals surface area contributed by atoms with E-state index in [4.69, 9.17) is 9.72 Å². The van der Waals surface area contributed by atoms with Gasteiger partial charge >= 0.3 is 5.97 Å². The normalized spacial score (nSPS) is 16.6. The molecule has 0 atom stereocenters. The number of aromatic nitrogens is 1. The number of hydrogen-bond acceptors (Lipinski definition) is 5. The van der Waals surface area contributed by atoms with Gasteiger partial charge in [0.2, 0.25) is 0 Å². The van der Waals surface area contributed by atoms with E-state index in [9.17, 15) is 9.59 Å². The average molecular weight is 450 g/mol. The number of benzene rings is 1. The van der Waals surface area contributed by atoms with Gasteiger partial charge in [0.15, 0.2) is 0 Å². The molecule has 0 radical (unpaired) electrons. The number of ether oxygens (including phenoxy) is 1. The molecule has 1 aliphatic heterocycles. The van der Waals surface area contributed by atoms with E-state index in [1.807, 2.05) is 56.1 Å². The third-order valence-electron chi connectivity index (χ3n) is 6.79. The van der Waals surface area contributed by atoms with Gasteiger partial charge in [0.1, 0.15) is 5.82 Å². The number of rotatable bonds is 7. The molecule has 0 spiro atoms. The van der Waals surface area contributed by atoms with Crippen LogP contribution in [-0.2, 0) is 14.9 Å². The van der Waals surface area contributed by atoms with E-state index >= 15 is 0 Å². The molecule has 2 aliphatic rings. The Bertz CT molecular complexity index is 1000. The smallest absolute Gasteiger partial charge is 0.306 e. The second-order valence-electron chi connectivity index (χ2n) is 9.91. The van der Waals surface area contributed by atoms with Crippen LogP contribution in [-0.4, -0.2) is 54.5 Å². The monoisotopic (exact) mass is 449 g/mol. The molecule has 1 aromatic heterocycles. The molecule has 1 saturated carbocycles. The zero-order chi connectivity index (χ0) is 23.6. The molecule has 0 N–H and O–H groups in total. The molecule has 2 heterocycles. The third-order valence-corrected chi connectivity index (χ3v) is 6.79. The van der Waals surface area contributed by atoms with Crippen molar-refractivity contribution in [2.24, 2.45) is 0 Å². The summed E-state index contributed by atoms with van der Waals surface area (Å²) in [6.45, 7) is 11.3. The summed E-state index contributed by atoms with van der Waals surface area (Å²) in [4.78, 5) is 34.0. The number of carbonyl (C=O) groups excluding carboxylic acids is 2. The first kappa shape index (κ1) is 23.3. The van der Waals surface area contributed by atoms with Crippen LogP contribution in [0.3, 0.4) is 0 Å². The minimum Gasteiger partial charge on any atom is -0.466 e. The summed E-state index contributed by atoms with van der Waals surface area (Å²) in [5.74, 6) is 1.60. The molecule has 0 unspecified atom stereocenters. The quantitative estimate of drug-likeness (QED) is 0.584. The summed E-state index contributed by atoms with van der Waals surface area (Å²) in [5.41, 5.74) is 3.94. The highest BCUT2D eigenvalue weighted by molar-refractivity contribution is 5.94. The van der Waals surface area contributed by atoms with Crippen molar-refractivity contribution in [2.75, 3.05) is 37.7 Å². The lowest BCUT2D eigenvalue weighted by molar-refractivity contribution is -0.144. The molecule has 6 nitrogen and oxygen atoms in total. The predicted molar refractivity (Wildman–Crippen MR) is 130 cm³/mol. The maximum atomic E-state index is 13.1. The summed E-state index contributed by atoms with van der Waals surface area (Å²) in [7, 11) is 0. The molecule has 2 fully saturated rings. The minimum atomic E-state index is -0.348. The molecule has 4 rings (SSSR count). The lowest BCUT2D eigenvalue weighted by atomic mass is 9.81. The van der Waals surface area contributed by atoms with Crippen molar-refractivity contribution >= 4 is 17.7 Å². The Morgan fingerprint density at radius 2 is 1.76 bits per heavy atom. The number of pyridine rings is 1. The van der Waals surface area contributed by atoms with E-state index in [0.29, 0.717) is 37.6 Å². The summed E-state index contributed by atoms with van der Waals surface area (Å²) in [6, 6.07) is 9.94. The second-order valence-corrected chi connectivity index (χ2v) is 9.91. The van der Waals surface area contributed by atoms with Crippen LogP contribution in [0, 0.1) is 6.92 Å². The van der Waals surface area contributed by atoms with E-state index in [-0.39, 0.29) is 17.3 Å². The van der Waals surface area contributed by atoms with E-state index in [1.165, 1.54) is 24.0 Å². The van der Waals surface area contributed by atoms with Crippen LogP contribution in [0.1, 0.15) is 73.0 Å². The summed E-state index contributed by atoms with van der Waals surface area (Å²) in [6.07, 6.45) is 4.91. The van der Waals surface area contributed by atoms with Crippen molar-refractivity contribution < 1.29 is 14.3 Å². The van der Waals surface area contributed by atoms with E-state index in [1.54, 1.807) is 0 Å². The van der Waals surface area contributed by atoms with E-state index < -0.39 is 0 Å². The number of hydrogen-bond donors (Lipinski definition) is 0. The zero-order valence-electron chi connectivity index (χ0n) is 20.3. The van der Waals surface area contributed by atoms with Gasteiger partial charge in [-0.2, -0.15) is 0 Å². The maximum absolute atomic E-state index is 13.1. The standard InChI is InChI=1S/C27H35N3O3/c1-5-33-24(31)17-27(3,4)23-10-8-21(9-11-23)26(32)30-14-12-29(13-15-30)25-19(2)16-22(18-28-25)20-6-7-20/h8-11,16,18,20H,5-7,12-15,17H2,1-4H3. The van der Waals surface area contributed by atoms with Gasteiger partial charge in [-0.25, -0.2) is 4.98 Å². The Morgan fingerprint density at radius 3 is 2.33 bits per heavy atom. The molecule has 1 aliphatic carbocycles. The maximum Gasteiger partial charge on any atom is 0.306 e. The van der Waals surface area contributed by atoms with Crippen LogP contribution in [0.15, 0.2) is 36.5 Å². The molecule has 1 aromatic carbocycles. The van der Waals surface area contributed by atoms with E-state index in [2.05, 4.69) is 17.9 Å². The first-order chi connectivity index (χ1) is 15.8. The van der Waals surface area contributed by atoms with Gasteiger partial charge in [-0.1, -0.05) is 32.0 Å². The Balaban J connectivity index is 1.35. The Kier molecular flexibility index (Phi) is 6.73. The van der Waals surface area contributed by atoms with Gasteiger partial charge < -0.3 is 14.5 Å². The lowest BCUT2D eigenvalue weighted by Crippen LogP contribution is -2.49. The van der Waals surface area contributed by atoms with Gasteiger partial charge in [-0.05, 0) is 61.4 Å². The molecule has 2 aromatic rings. The van der Waals surface area contributed by atoms with Gasteiger partial charge in [0.05, 0.1) is 13.0 Å². The molecule has 176 valence electrons. The Hall–Kier alpha value is -2.89. The number of amides is 1. The Labute approximate surface area is 196 Å². The molecule has 1 saturated heterocycles. The van der Waals surface area contributed by atoms with Crippen LogP contribution >= 0.6 is 0 Å². The first-order valence-electron chi connectivity index (χ1n) is 12.1.